The number of alkyl halides is 3. The topological polar surface area (TPSA) is 75.6 Å². The zero-order chi connectivity index (χ0) is 27.2. The lowest BCUT2D eigenvalue weighted by atomic mass is 9.77. The molecule has 0 radical (unpaired) electrons. The predicted molar refractivity (Wildman–Crippen MR) is 138 cm³/mol. The van der Waals surface area contributed by atoms with Gasteiger partial charge in [-0.2, -0.15) is 13.2 Å². The van der Waals surface area contributed by atoms with E-state index in [4.69, 9.17) is 4.74 Å². The number of hydrogen-bond acceptors (Lipinski definition) is 3. The van der Waals surface area contributed by atoms with Crippen LogP contribution in [0.1, 0.15) is 17.5 Å². The molecule has 0 spiro atoms. The number of carboxylic acid groups (broad SMARTS) is 1. The van der Waals surface area contributed by atoms with Gasteiger partial charge in [0.2, 0.25) is 5.91 Å². The molecule has 0 saturated carbocycles. The number of hydrogen-bond donors (Lipinski definition) is 2. The molecule has 2 atom stereocenters. The number of ether oxygens (including phenoxy) is 1. The number of rotatable bonds is 9. The summed E-state index contributed by atoms with van der Waals surface area (Å²) in [6.07, 6.45) is -2.19. The molecular weight excluding hydrogens is 495 g/mol. The summed E-state index contributed by atoms with van der Waals surface area (Å²) in [5.74, 6) is -2.93. The molecule has 5 nitrogen and oxygen atoms in total. The fraction of sp³-hybridized carbons (Fsp3) is 0.200. The van der Waals surface area contributed by atoms with Crippen molar-refractivity contribution in [1.82, 2.24) is 5.32 Å². The Bertz CT molecular complexity index is 1320. The highest BCUT2D eigenvalue weighted by Crippen LogP contribution is 2.46. The Kier molecular flexibility index (Phi) is 8.12. The van der Waals surface area contributed by atoms with Crippen molar-refractivity contribution >= 4 is 17.4 Å². The molecule has 1 aliphatic carbocycles. The van der Waals surface area contributed by atoms with E-state index in [-0.39, 0.29) is 6.61 Å². The van der Waals surface area contributed by atoms with Crippen LogP contribution in [-0.4, -0.2) is 35.8 Å². The Hall–Kier alpha value is -4.17. The summed E-state index contributed by atoms with van der Waals surface area (Å²) in [6, 6.07) is 24.3. The maximum absolute atomic E-state index is 14.1. The Morgan fingerprint density at radius 3 is 2.00 bits per heavy atom. The van der Waals surface area contributed by atoms with Crippen molar-refractivity contribution in [2.24, 2.45) is 5.41 Å². The van der Waals surface area contributed by atoms with Crippen LogP contribution in [0.5, 0.6) is 0 Å². The van der Waals surface area contributed by atoms with Crippen molar-refractivity contribution in [3.8, 4) is 11.1 Å². The molecule has 1 aliphatic rings. The van der Waals surface area contributed by atoms with Crippen molar-refractivity contribution < 1.29 is 32.6 Å². The molecule has 2 N–H and O–H groups in total. The number of carboxylic acids is 1. The first-order valence-corrected chi connectivity index (χ1v) is 12.0. The van der Waals surface area contributed by atoms with E-state index in [1.807, 2.05) is 59.9 Å². The van der Waals surface area contributed by atoms with Crippen LogP contribution >= 0.6 is 0 Å². The van der Waals surface area contributed by atoms with Gasteiger partial charge in [0.1, 0.15) is 0 Å². The number of carbonyl (C=O) groups excluding carboxylic acids is 1. The molecule has 3 aromatic carbocycles. The summed E-state index contributed by atoms with van der Waals surface area (Å²) in [7, 11) is 0. The van der Waals surface area contributed by atoms with Gasteiger partial charge in [0.05, 0.1) is 13.2 Å². The lowest BCUT2D eigenvalue weighted by molar-refractivity contribution is -0.207. The quantitative estimate of drug-likeness (QED) is 0.361. The monoisotopic (exact) mass is 521 g/mol. The molecule has 0 fully saturated rings. The van der Waals surface area contributed by atoms with Crippen LogP contribution in [0.15, 0.2) is 103 Å². The molecule has 2 unspecified atom stereocenters. The summed E-state index contributed by atoms with van der Waals surface area (Å²) in [5, 5.41) is 11.6. The van der Waals surface area contributed by atoms with Crippen molar-refractivity contribution in [1.29, 1.82) is 0 Å². The maximum atomic E-state index is 14.1. The number of benzene rings is 3. The second-order valence-corrected chi connectivity index (χ2v) is 8.97. The average molecular weight is 522 g/mol. The first-order valence-electron chi connectivity index (χ1n) is 12.0. The molecule has 8 heteroatoms. The van der Waals surface area contributed by atoms with Gasteiger partial charge < -0.3 is 15.2 Å². The molecule has 1 amide bonds. The fourth-order valence-electron chi connectivity index (χ4n) is 4.17. The van der Waals surface area contributed by atoms with Crippen LogP contribution in [0.25, 0.3) is 16.7 Å². The summed E-state index contributed by atoms with van der Waals surface area (Å²) in [5.41, 5.74) is 1.16. The smallest absolute Gasteiger partial charge is 0.406 e. The van der Waals surface area contributed by atoms with Gasteiger partial charge in [0.15, 0.2) is 11.5 Å². The third kappa shape index (κ3) is 6.03. The minimum Gasteiger partial charge on any atom is -0.480 e. The molecule has 3 aromatic rings. The molecule has 38 heavy (non-hydrogen) atoms. The van der Waals surface area contributed by atoms with Crippen molar-refractivity contribution in [2.45, 2.75) is 25.2 Å². The van der Waals surface area contributed by atoms with Crippen LogP contribution in [-0.2, 0) is 20.9 Å². The zero-order valence-corrected chi connectivity index (χ0v) is 20.3. The SMILES string of the molecule is O=C(O)C(COCc1ccc(-c2ccccc2)cc1)NC(=O)C1(C(F)(F)F)C=CC(c2ccccc2)=CC1. The van der Waals surface area contributed by atoms with Gasteiger partial charge in [-0.25, -0.2) is 4.79 Å². The van der Waals surface area contributed by atoms with Gasteiger partial charge in [-0.3, -0.25) is 4.79 Å². The Labute approximate surface area is 218 Å². The summed E-state index contributed by atoms with van der Waals surface area (Å²) in [6.45, 7) is -0.466. The molecule has 0 saturated heterocycles. The third-order valence-electron chi connectivity index (χ3n) is 6.43. The van der Waals surface area contributed by atoms with Crippen LogP contribution in [0.2, 0.25) is 0 Å². The van der Waals surface area contributed by atoms with E-state index >= 15 is 0 Å². The second kappa shape index (κ2) is 11.5. The number of aliphatic carboxylic acids is 1. The number of halogens is 3. The van der Waals surface area contributed by atoms with Gasteiger partial charge in [0.25, 0.3) is 0 Å². The van der Waals surface area contributed by atoms with E-state index in [2.05, 4.69) is 0 Å². The van der Waals surface area contributed by atoms with E-state index < -0.39 is 42.5 Å². The van der Waals surface area contributed by atoms with Crippen LogP contribution in [0.4, 0.5) is 13.2 Å². The zero-order valence-electron chi connectivity index (χ0n) is 20.3. The lowest BCUT2D eigenvalue weighted by Crippen LogP contribution is -2.55. The van der Waals surface area contributed by atoms with E-state index in [0.29, 0.717) is 11.1 Å². The van der Waals surface area contributed by atoms with E-state index in [1.165, 1.54) is 12.2 Å². The van der Waals surface area contributed by atoms with Crippen molar-refractivity contribution in [3.05, 3.63) is 114 Å². The molecule has 0 bridgehead atoms. The van der Waals surface area contributed by atoms with Crippen LogP contribution < -0.4 is 5.32 Å². The minimum absolute atomic E-state index is 0.0300. The highest BCUT2D eigenvalue weighted by Gasteiger charge is 2.59. The summed E-state index contributed by atoms with van der Waals surface area (Å²) >= 11 is 0. The average Bonchev–Trinajstić information content (AvgIpc) is 2.93. The maximum Gasteiger partial charge on any atom is 0.406 e. The second-order valence-electron chi connectivity index (χ2n) is 8.97. The van der Waals surface area contributed by atoms with Crippen LogP contribution in [0.3, 0.4) is 0 Å². The van der Waals surface area contributed by atoms with Crippen molar-refractivity contribution in [3.63, 3.8) is 0 Å². The lowest BCUT2D eigenvalue weighted by Gasteiger charge is -2.34. The molecule has 0 aromatic heterocycles. The largest absolute Gasteiger partial charge is 0.480 e. The Morgan fingerprint density at radius 2 is 1.47 bits per heavy atom. The molecular formula is C30H26F3NO4. The highest BCUT2D eigenvalue weighted by atomic mass is 19.4. The first kappa shape index (κ1) is 26.9. The standard InChI is InChI=1S/C30H26F3NO4/c31-30(32,33)29(17-15-25(16-18-29)23-9-5-2-6-10-23)28(37)34-26(27(35)36)20-38-19-21-11-13-24(14-12-21)22-7-3-1-4-8-22/h1-17,26H,18-20H2,(H,34,37)(H,35,36). The first-order chi connectivity index (χ1) is 18.2. The number of carbonyl (C=O) groups is 2. The van der Waals surface area contributed by atoms with Gasteiger partial charge in [-0.1, -0.05) is 103 Å². The Morgan fingerprint density at radius 1 is 0.895 bits per heavy atom. The molecule has 0 heterocycles. The molecule has 4 rings (SSSR count). The van der Waals surface area contributed by atoms with Crippen LogP contribution in [0, 0.1) is 5.41 Å². The normalized spacial score (nSPS) is 17.9. The third-order valence-corrected chi connectivity index (χ3v) is 6.43. The minimum atomic E-state index is -4.93. The van der Waals surface area contributed by atoms with E-state index in [9.17, 15) is 27.9 Å². The highest BCUT2D eigenvalue weighted by molar-refractivity contribution is 5.91. The molecule has 0 aliphatic heterocycles. The van der Waals surface area contributed by atoms with E-state index in [0.717, 1.165) is 22.8 Å². The van der Waals surface area contributed by atoms with Gasteiger partial charge in [-0.15, -0.1) is 0 Å². The number of amides is 1. The van der Waals surface area contributed by atoms with Crippen molar-refractivity contribution in [2.75, 3.05) is 6.61 Å². The Balaban J connectivity index is 1.40. The van der Waals surface area contributed by atoms with Gasteiger partial charge in [0, 0.05) is 0 Å². The predicted octanol–water partition coefficient (Wildman–Crippen LogP) is 6.03. The number of allylic oxidation sites excluding steroid dienone is 3. The fourth-order valence-corrected chi connectivity index (χ4v) is 4.17. The summed E-state index contributed by atoms with van der Waals surface area (Å²) in [4.78, 5) is 24.6. The number of nitrogens with one attached hydrogen (secondary N) is 1. The van der Waals surface area contributed by atoms with Gasteiger partial charge in [-0.05, 0) is 34.2 Å². The molecule has 196 valence electrons. The summed E-state index contributed by atoms with van der Waals surface area (Å²) < 4.78 is 47.9. The van der Waals surface area contributed by atoms with Gasteiger partial charge >= 0.3 is 12.1 Å². The van der Waals surface area contributed by atoms with E-state index in [1.54, 1.807) is 30.3 Å².